The standard InChI is InChI=1S/C64H88/c1-16-22-24-26-38-64(39-27-25-23-17-2)58-41-48(30-32-54(58)55-33-31-49(42-59(55)64)62(10,11)12)43(7)28-29-44(8)52-34-35-56(53-36-37-57(45(53)9)63(13,14)15)60-47(19-4)40-46(18-3)50(20-5)51(21-6)61(52)60/h28-37,40-42,45,47H,16-27,38-39H2,1-15H3/b43-28+,44-29+. The Bertz CT molecular complexity index is 2330. The zero-order valence-corrected chi connectivity index (χ0v) is 43.6. The summed E-state index contributed by atoms with van der Waals surface area (Å²) in [7, 11) is 0. The summed E-state index contributed by atoms with van der Waals surface area (Å²) in [5.74, 6) is 0.779. The Morgan fingerprint density at radius 3 is 1.75 bits per heavy atom. The molecule has 0 N–H and O–H groups in total. The number of allylic oxidation sites excluding steroid dienone is 12. The number of rotatable bonds is 18. The summed E-state index contributed by atoms with van der Waals surface area (Å²) in [6, 6.07) is 20.1. The maximum atomic E-state index is 2.67. The largest absolute Gasteiger partial charge is 0.0735 e. The highest BCUT2D eigenvalue weighted by Gasteiger charge is 2.43. The van der Waals surface area contributed by atoms with Crippen molar-refractivity contribution < 1.29 is 0 Å². The second-order valence-corrected chi connectivity index (χ2v) is 22.1. The lowest BCUT2D eigenvalue weighted by atomic mass is 9.69. The maximum Gasteiger partial charge on any atom is 0.0215 e. The van der Waals surface area contributed by atoms with E-state index in [2.05, 4.69) is 183 Å². The number of hydrogen-bond donors (Lipinski definition) is 0. The Morgan fingerprint density at radius 1 is 0.609 bits per heavy atom. The van der Waals surface area contributed by atoms with Crippen molar-refractivity contribution in [2.24, 2.45) is 11.3 Å². The summed E-state index contributed by atoms with van der Waals surface area (Å²) in [5, 5.41) is 0. The highest BCUT2D eigenvalue weighted by Crippen LogP contribution is 2.56. The molecule has 64 heavy (non-hydrogen) atoms. The minimum Gasteiger partial charge on any atom is -0.0735 e. The summed E-state index contributed by atoms with van der Waals surface area (Å²) in [5.41, 5.74) is 25.6. The number of hydrogen-bond acceptors (Lipinski definition) is 0. The molecule has 3 aliphatic rings. The van der Waals surface area contributed by atoms with Gasteiger partial charge in [-0.25, -0.2) is 0 Å². The van der Waals surface area contributed by atoms with E-state index in [0.29, 0.717) is 11.8 Å². The van der Waals surface area contributed by atoms with Crippen molar-refractivity contribution in [2.45, 2.75) is 210 Å². The van der Waals surface area contributed by atoms with Crippen LogP contribution in [0.2, 0.25) is 0 Å². The molecule has 344 valence electrons. The number of benzene rings is 3. The van der Waals surface area contributed by atoms with Crippen LogP contribution in [0, 0.1) is 11.3 Å². The van der Waals surface area contributed by atoms with Gasteiger partial charge in [-0.05, 0) is 158 Å². The Morgan fingerprint density at radius 2 is 1.20 bits per heavy atom. The molecule has 0 heterocycles. The molecule has 0 spiro atoms. The molecule has 0 bridgehead atoms. The Hall–Kier alpha value is -3.90. The third kappa shape index (κ3) is 9.79. The fraction of sp³-hybridized carbons (Fsp3) is 0.531. The Labute approximate surface area is 393 Å². The Balaban J connectivity index is 1.49. The SMILES string of the molecule is CCCCCCC1(CCCCCC)c2cc(/C(C)=C/C=C(\C)c3ccc(C4=CC=C(C(C)(C)C)C4C)c4c3C(CC)=C(CC)C(CC)=CC4CC)ccc2-c2ccc(C(C)(C)C)cc21. The number of fused-ring (bicyclic) bond motifs is 4. The average Bonchev–Trinajstić information content (AvgIpc) is 3.74. The second-order valence-electron chi connectivity index (χ2n) is 22.1. The van der Waals surface area contributed by atoms with Gasteiger partial charge in [0.2, 0.25) is 0 Å². The van der Waals surface area contributed by atoms with Gasteiger partial charge in [0.25, 0.3) is 0 Å². The first kappa shape index (κ1) is 49.5. The van der Waals surface area contributed by atoms with Gasteiger partial charge in [-0.2, -0.15) is 0 Å². The minimum absolute atomic E-state index is 0.0608. The lowest BCUT2D eigenvalue weighted by molar-refractivity contribution is 0.400. The molecule has 6 rings (SSSR count). The van der Waals surface area contributed by atoms with Crippen LogP contribution in [-0.4, -0.2) is 0 Å². The van der Waals surface area contributed by atoms with Crippen LogP contribution >= 0.6 is 0 Å². The van der Waals surface area contributed by atoms with Gasteiger partial charge in [-0.1, -0.05) is 220 Å². The van der Waals surface area contributed by atoms with Gasteiger partial charge in [0.05, 0.1) is 0 Å². The van der Waals surface area contributed by atoms with Crippen LogP contribution < -0.4 is 0 Å². The van der Waals surface area contributed by atoms with Crippen LogP contribution in [0.5, 0.6) is 0 Å². The molecule has 0 radical (unpaired) electrons. The molecule has 0 saturated carbocycles. The number of unbranched alkanes of at least 4 members (excludes halogenated alkanes) is 6. The van der Waals surface area contributed by atoms with Crippen molar-refractivity contribution in [2.75, 3.05) is 0 Å². The predicted octanol–water partition coefficient (Wildman–Crippen LogP) is 20.1. The zero-order valence-electron chi connectivity index (χ0n) is 43.6. The van der Waals surface area contributed by atoms with E-state index in [1.54, 1.807) is 39.0 Å². The summed E-state index contributed by atoms with van der Waals surface area (Å²) in [6.07, 6.45) is 29.6. The molecular formula is C64H88. The smallest absolute Gasteiger partial charge is 0.0215 e. The molecule has 2 atom stereocenters. The molecule has 2 unspecified atom stereocenters. The summed E-state index contributed by atoms with van der Waals surface area (Å²) in [4.78, 5) is 0. The third-order valence-corrected chi connectivity index (χ3v) is 15.8. The van der Waals surface area contributed by atoms with Gasteiger partial charge >= 0.3 is 0 Å². The van der Waals surface area contributed by atoms with E-state index in [9.17, 15) is 0 Å². The molecule has 0 heteroatoms. The summed E-state index contributed by atoms with van der Waals surface area (Å²) < 4.78 is 0. The molecule has 0 aliphatic heterocycles. The minimum atomic E-state index is 0.0608. The van der Waals surface area contributed by atoms with Crippen LogP contribution in [0.25, 0.3) is 33.4 Å². The van der Waals surface area contributed by atoms with E-state index in [4.69, 9.17) is 0 Å². The van der Waals surface area contributed by atoms with E-state index in [-0.39, 0.29) is 16.2 Å². The topological polar surface area (TPSA) is 0 Å². The van der Waals surface area contributed by atoms with E-state index < -0.39 is 0 Å². The lowest BCUT2D eigenvalue weighted by Crippen LogP contribution is -2.26. The average molecular weight is 857 g/mol. The fourth-order valence-electron chi connectivity index (χ4n) is 12.0. The van der Waals surface area contributed by atoms with Crippen molar-refractivity contribution in [3.63, 3.8) is 0 Å². The molecule has 3 aromatic rings. The normalized spacial score (nSPS) is 18.7. The fourth-order valence-corrected chi connectivity index (χ4v) is 12.0. The van der Waals surface area contributed by atoms with Crippen molar-refractivity contribution >= 4 is 22.3 Å². The molecule has 0 saturated heterocycles. The van der Waals surface area contributed by atoms with Gasteiger partial charge in [0, 0.05) is 17.3 Å². The van der Waals surface area contributed by atoms with Crippen molar-refractivity contribution in [1.29, 1.82) is 0 Å². The second kappa shape index (κ2) is 20.7. The van der Waals surface area contributed by atoms with E-state index >= 15 is 0 Å². The molecular weight excluding hydrogens is 769 g/mol. The highest BCUT2D eigenvalue weighted by molar-refractivity contribution is 5.91. The molecule has 0 fully saturated rings. The first-order valence-corrected chi connectivity index (χ1v) is 26.2. The van der Waals surface area contributed by atoms with E-state index in [1.807, 2.05) is 0 Å². The monoisotopic (exact) mass is 857 g/mol. The van der Waals surface area contributed by atoms with Gasteiger partial charge < -0.3 is 0 Å². The third-order valence-electron chi connectivity index (χ3n) is 15.8. The van der Waals surface area contributed by atoms with E-state index in [1.165, 1.54) is 120 Å². The van der Waals surface area contributed by atoms with Gasteiger partial charge in [-0.3, -0.25) is 0 Å². The van der Waals surface area contributed by atoms with Crippen LogP contribution in [0.4, 0.5) is 0 Å². The van der Waals surface area contributed by atoms with Crippen molar-refractivity contribution in [3.05, 3.63) is 140 Å². The van der Waals surface area contributed by atoms with Gasteiger partial charge in [0.15, 0.2) is 0 Å². The molecule has 0 amide bonds. The van der Waals surface area contributed by atoms with Crippen LogP contribution in [0.3, 0.4) is 0 Å². The molecule has 0 aromatic heterocycles. The predicted molar refractivity (Wildman–Crippen MR) is 286 cm³/mol. The molecule has 3 aliphatic carbocycles. The zero-order chi connectivity index (χ0) is 46.6. The van der Waals surface area contributed by atoms with Gasteiger partial charge in [0.1, 0.15) is 0 Å². The quantitative estimate of drug-likeness (QED) is 0.0883. The van der Waals surface area contributed by atoms with Crippen molar-refractivity contribution in [1.82, 2.24) is 0 Å². The van der Waals surface area contributed by atoms with Crippen molar-refractivity contribution in [3.8, 4) is 11.1 Å². The lowest BCUT2D eigenvalue weighted by Gasteiger charge is -2.34. The Kier molecular flexibility index (Phi) is 16.0. The van der Waals surface area contributed by atoms with E-state index in [0.717, 1.165) is 25.7 Å². The first-order valence-electron chi connectivity index (χ1n) is 26.2. The van der Waals surface area contributed by atoms with Crippen LogP contribution in [-0.2, 0) is 10.8 Å². The van der Waals surface area contributed by atoms with Gasteiger partial charge in [-0.15, -0.1) is 0 Å². The highest BCUT2D eigenvalue weighted by atomic mass is 14.5. The van der Waals surface area contributed by atoms with Crippen LogP contribution in [0.15, 0.2) is 95.6 Å². The molecule has 3 aromatic carbocycles. The summed E-state index contributed by atoms with van der Waals surface area (Å²) in [6.45, 7) is 35.7. The molecule has 0 nitrogen and oxygen atoms in total. The first-order chi connectivity index (χ1) is 30.5. The van der Waals surface area contributed by atoms with Crippen LogP contribution in [0.1, 0.15) is 244 Å². The summed E-state index contributed by atoms with van der Waals surface area (Å²) >= 11 is 0. The maximum absolute atomic E-state index is 2.67.